The Morgan fingerprint density at radius 2 is 2.25 bits per heavy atom. The molecule has 1 fully saturated rings. The number of ether oxygens (including phenoxy) is 1. The van der Waals surface area contributed by atoms with Gasteiger partial charge in [-0.3, -0.25) is 4.79 Å². The predicted octanol–water partition coefficient (Wildman–Crippen LogP) is 0.567. The Morgan fingerprint density at radius 1 is 1.50 bits per heavy atom. The van der Waals surface area contributed by atoms with Gasteiger partial charge in [0.1, 0.15) is 11.8 Å². The summed E-state index contributed by atoms with van der Waals surface area (Å²) in [7, 11) is 0. The molecule has 0 aromatic carbocycles. The van der Waals surface area contributed by atoms with E-state index < -0.39 is 0 Å². The molecule has 1 aromatic rings. The van der Waals surface area contributed by atoms with Crippen molar-refractivity contribution in [2.45, 2.75) is 18.9 Å². The quantitative estimate of drug-likeness (QED) is 0.868. The monoisotopic (exact) mass is 275 g/mol. The molecule has 2 heterocycles. The SMILES string of the molecule is N#Cc1ccc(C(=O)N2CCC(OCCO)CC2)nc1. The highest BCUT2D eigenvalue weighted by Gasteiger charge is 2.24. The average Bonchev–Trinajstić information content (AvgIpc) is 2.53. The van der Waals surface area contributed by atoms with Gasteiger partial charge in [0.15, 0.2) is 0 Å². The Bertz CT molecular complexity index is 487. The molecule has 0 atom stereocenters. The molecule has 2 rings (SSSR count). The van der Waals surface area contributed by atoms with Crippen molar-refractivity contribution in [3.8, 4) is 6.07 Å². The van der Waals surface area contributed by atoms with Crippen LogP contribution < -0.4 is 0 Å². The highest BCUT2D eigenvalue weighted by molar-refractivity contribution is 5.92. The molecule has 6 heteroatoms. The van der Waals surface area contributed by atoms with Gasteiger partial charge in [-0.25, -0.2) is 4.98 Å². The van der Waals surface area contributed by atoms with Crippen LogP contribution in [0.4, 0.5) is 0 Å². The topological polar surface area (TPSA) is 86.5 Å². The Morgan fingerprint density at radius 3 is 2.80 bits per heavy atom. The number of aromatic nitrogens is 1. The first-order valence-electron chi connectivity index (χ1n) is 6.62. The molecule has 6 nitrogen and oxygen atoms in total. The number of piperidine rings is 1. The fourth-order valence-corrected chi connectivity index (χ4v) is 2.19. The van der Waals surface area contributed by atoms with Gasteiger partial charge in [0, 0.05) is 19.3 Å². The van der Waals surface area contributed by atoms with Gasteiger partial charge in [-0.05, 0) is 25.0 Å². The van der Waals surface area contributed by atoms with Crippen LogP contribution in [0, 0.1) is 11.3 Å². The predicted molar refractivity (Wildman–Crippen MR) is 70.9 cm³/mol. The zero-order chi connectivity index (χ0) is 14.4. The standard InChI is InChI=1S/C14H17N3O3/c15-9-11-1-2-13(16-10-11)14(19)17-5-3-12(4-6-17)20-8-7-18/h1-2,10,12,18H,3-8H2. The number of nitriles is 1. The lowest BCUT2D eigenvalue weighted by Gasteiger charge is -2.31. The highest BCUT2D eigenvalue weighted by atomic mass is 16.5. The Kier molecular flexibility index (Phi) is 5.04. The number of carbonyl (C=O) groups excluding carboxylic acids is 1. The third kappa shape index (κ3) is 3.53. The minimum absolute atomic E-state index is 0.0221. The molecule has 0 bridgehead atoms. The number of carbonyl (C=O) groups is 1. The van der Waals surface area contributed by atoms with Crippen LogP contribution in [0.2, 0.25) is 0 Å². The largest absolute Gasteiger partial charge is 0.394 e. The molecule has 1 amide bonds. The zero-order valence-electron chi connectivity index (χ0n) is 11.2. The second-order valence-corrected chi connectivity index (χ2v) is 4.63. The van der Waals surface area contributed by atoms with Crippen molar-refractivity contribution in [1.82, 2.24) is 9.88 Å². The van der Waals surface area contributed by atoms with Crippen molar-refractivity contribution in [2.24, 2.45) is 0 Å². The minimum atomic E-state index is -0.116. The summed E-state index contributed by atoms with van der Waals surface area (Å²) in [4.78, 5) is 18.0. The maximum atomic E-state index is 12.2. The van der Waals surface area contributed by atoms with E-state index in [0.29, 0.717) is 31.0 Å². The normalized spacial score (nSPS) is 15.9. The molecule has 1 saturated heterocycles. The summed E-state index contributed by atoms with van der Waals surface area (Å²) in [6.45, 7) is 1.61. The van der Waals surface area contributed by atoms with E-state index in [1.165, 1.54) is 6.20 Å². The van der Waals surface area contributed by atoms with Crippen molar-refractivity contribution in [3.63, 3.8) is 0 Å². The van der Waals surface area contributed by atoms with Gasteiger partial charge >= 0.3 is 0 Å². The van der Waals surface area contributed by atoms with Gasteiger partial charge in [-0.1, -0.05) is 0 Å². The van der Waals surface area contributed by atoms with Gasteiger partial charge < -0.3 is 14.7 Å². The lowest BCUT2D eigenvalue weighted by molar-refractivity contribution is -0.00564. The molecular formula is C14H17N3O3. The summed E-state index contributed by atoms with van der Waals surface area (Å²) >= 11 is 0. The second-order valence-electron chi connectivity index (χ2n) is 4.63. The summed E-state index contributed by atoms with van der Waals surface area (Å²) < 4.78 is 5.46. The number of hydrogen-bond donors (Lipinski definition) is 1. The van der Waals surface area contributed by atoms with E-state index in [1.54, 1.807) is 17.0 Å². The third-order valence-electron chi connectivity index (χ3n) is 3.29. The molecule has 0 spiro atoms. The number of hydrogen-bond acceptors (Lipinski definition) is 5. The molecule has 106 valence electrons. The summed E-state index contributed by atoms with van der Waals surface area (Å²) in [6.07, 6.45) is 3.05. The lowest BCUT2D eigenvalue weighted by Crippen LogP contribution is -2.41. The average molecular weight is 275 g/mol. The molecule has 1 N–H and O–H groups in total. The maximum absolute atomic E-state index is 12.2. The van der Waals surface area contributed by atoms with Crippen LogP contribution in [-0.2, 0) is 4.74 Å². The molecule has 1 aliphatic rings. The molecule has 0 saturated carbocycles. The van der Waals surface area contributed by atoms with Crippen LogP contribution in [0.5, 0.6) is 0 Å². The fraction of sp³-hybridized carbons (Fsp3) is 0.500. The van der Waals surface area contributed by atoms with Gasteiger partial charge in [-0.2, -0.15) is 5.26 Å². The highest BCUT2D eigenvalue weighted by Crippen LogP contribution is 2.15. The van der Waals surface area contributed by atoms with E-state index in [0.717, 1.165) is 12.8 Å². The third-order valence-corrected chi connectivity index (χ3v) is 3.29. The first kappa shape index (κ1) is 14.4. The number of likely N-dealkylation sites (tertiary alicyclic amines) is 1. The van der Waals surface area contributed by atoms with E-state index in [2.05, 4.69) is 4.98 Å². The molecule has 1 aromatic heterocycles. The van der Waals surface area contributed by atoms with Crippen molar-refractivity contribution in [2.75, 3.05) is 26.3 Å². The molecule has 20 heavy (non-hydrogen) atoms. The van der Waals surface area contributed by atoms with E-state index in [-0.39, 0.29) is 18.6 Å². The van der Waals surface area contributed by atoms with Gasteiger partial charge in [0.05, 0.1) is 24.9 Å². The number of pyridine rings is 1. The Balaban J connectivity index is 1.89. The van der Waals surface area contributed by atoms with Crippen LogP contribution in [0.15, 0.2) is 18.3 Å². The summed E-state index contributed by atoms with van der Waals surface area (Å²) in [5.74, 6) is -0.116. The Hall–Kier alpha value is -1.97. The minimum Gasteiger partial charge on any atom is -0.394 e. The summed E-state index contributed by atoms with van der Waals surface area (Å²) in [6, 6.07) is 5.15. The maximum Gasteiger partial charge on any atom is 0.272 e. The van der Waals surface area contributed by atoms with E-state index in [9.17, 15) is 4.79 Å². The Labute approximate surface area is 117 Å². The molecule has 1 aliphatic heterocycles. The van der Waals surface area contributed by atoms with Crippen LogP contribution in [-0.4, -0.2) is 53.3 Å². The van der Waals surface area contributed by atoms with Gasteiger partial charge in [-0.15, -0.1) is 0 Å². The second kappa shape index (κ2) is 6.98. The van der Waals surface area contributed by atoms with Crippen LogP contribution in [0.1, 0.15) is 28.9 Å². The van der Waals surface area contributed by atoms with Crippen molar-refractivity contribution >= 4 is 5.91 Å². The van der Waals surface area contributed by atoms with Gasteiger partial charge in [0.25, 0.3) is 5.91 Å². The smallest absolute Gasteiger partial charge is 0.272 e. The van der Waals surface area contributed by atoms with Crippen LogP contribution in [0.25, 0.3) is 0 Å². The van der Waals surface area contributed by atoms with Crippen molar-refractivity contribution < 1.29 is 14.6 Å². The first-order chi connectivity index (χ1) is 9.74. The fourth-order valence-electron chi connectivity index (χ4n) is 2.19. The van der Waals surface area contributed by atoms with E-state index in [1.807, 2.05) is 6.07 Å². The van der Waals surface area contributed by atoms with Crippen LogP contribution in [0.3, 0.4) is 0 Å². The summed E-state index contributed by atoms with van der Waals surface area (Å²) in [5, 5.41) is 17.4. The summed E-state index contributed by atoms with van der Waals surface area (Å²) in [5.41, 5.74) is 0.802. The molecule has 0 unspecified atom stereocenters. The number of aliphatic hydroxyl groups excluding tert-OH is 1. The number of nitrogens with zero attached hydrogens (tertiary/aromatic N) is 3. The number of amides is 1. The van der Waals surface area contributed by atoms with Crippen LogP contribution >= 0.6 is 0 Å². The molecule has 0 aliphatic carbocycles. The number of aliphatic hydroxyl groups is 1. The zero-order valence-corrected chi connectivity index (χ0v) is 11.2. The molecular weight excluding hydrogens is 258 g/mol. The van der Waals surface area contributed by atoms with Gasteiger partial charge in [0.2, 0.25) is 0 Å². The van der Waals surface area contributed by atoms with Crippen molar-refractivity contribution in [3.05, 3.63) is 29.6 Å². The van der Waals surface area contributed by atoms with E-state index in [4.69, 9.17) is 15.1 Å². The van der Waals surface area contributed by atoms with E-state index >= 15 is 0 Å². The first-order valence-corrected chi connectivity index (χ1v) is 6.62. The number of rotatable bonds is 4. The lowest BCUT2D eigenvalue weighted by atomic mass is 10.1. The molecule has 0 radical (unpaired) electrons. The van der Waals surface area contributed by atoms with Crippen molar-refractivity contribution in [1.29, 1.82) is 5.26 Å².